The largest absolute Gasteiger partial charge is 0.497 e. The number of hydrogen-bond donors (Lipinski definition) is 2. The Bertz CT molecular complexity index is 1140. The summed E-state index contributed by atoms with van der Waals surface area (Å²) in [6, 6.07) is 14.2. The molecule has 0 saturated carbocycles. The molecule has 0 atom stereocenters. The van der Waals surface area contributed by atoms with Crippen molar-refractivity contribution in [2.75, 3.05) is 17.7 Å². The third kappa shape index (κ3) is 3.48. The summed E-state index contributed by atoms with van der Waals surface area (Å²) in [6.45, 7) is 0. The number of carbonyl (C=O) groups excluding carboxylic acids is 1. The number of aromatic nitrogens is 3. The smallest absolute Gasteiger partial charge is 0.324 e. The maximum atomic E-state index is 13.3. The van der Waals surface area contributed by atoms with Gasteiger partial charge < -0.3 is 10.1 Å². The summed E-state index contributed by atoms with van der Waals surface area (Å²) >= 11 is 0. The van der Waals surface area contributed by atoms with Gasteiger partial charge >= 0.3 is 6.03 Å². The van der Waals surface area contributed by atoms with E-state index in [1.807, 2.05) is 0 Å². The van der Waals surface area contributed by atoms with Crippen molar-refractivity contribution in [3.63, 3.8) is 0 Å². The highest BCUT2D eigenvalue weighted by molar-refractivity contribution is 6.01. The molecule has 2 aromatic heterocycles. The zero-order valence-corrected chi connectivity index (χ0v) is 14.9. The number of imidazole rings is 1. The minimum atomic E-state index is -0.456. The minimum Gasteiger partial charge on any atom is -0.497 e. The molecule has 0 spiro atoms. The highest BCUT2D eigenvalue weighted by Crippen LogP contribution is 2.28. The van der Waals surface area contributed by atoms with Crippen LogP contribution in [0.4, 0.5) is 20.7 Å². The number of fused-ring (bicyclic) bond motifs is 1. The quantitative estimate of drug-likeness (QED) is 0.559. The van der Waals surface area contributed by atoms with E-state index < -0.39 is 6.03 Å². The molecular weight excluding hydrogens is 361 g/mol. The van der Waals surface area contributed by atoms with Crippen LogP contribution in [0.2, 0.25) is 0 Å². The first-order chi connectivity index (χ1) is 13.6. The maximum Gasteiger partial charge on any atom is 0.324 e. The second-order valence-corrected chi connectivity index (χ2v) is 5.92. The van der Waals surface area contributed by atoms with Crippen LogP contribution in [0.1, 0.15) is 0 Å². The van der Waals surface area contributed by atoms with Crippen LogP contribution in [0.15, 0.2) is 67.0 Å². The van der Waals surface area contributed by atoms with Crippen LogP contribution in [0.3, 0.4) is 0 Å². The number of nitrogens with one attached hydrogen (secondary N) is 2. The van der Waals surface area contributed by atoms with Gasteiger partial charge in [-0.2, -0.15) is 0 Å². The summed E-state index contributed by atoms with van der Waals surface area (Å²) in [5, 5.41) is 5.56. The molecule has 0 bridgehead atoms. The average Bonchev–Trinajstić information content (AvgIpc) is 3.07. The van der Waals surface area contributed by atoms with E-state index in [2.05, 4.69) is 20.6 Å². The Balaban J connectivity index is 1.68. The van der Waals surface area contributed by atoms with Crippen molar-refractivity contribution in [3.05, 3.63) is 72.8 Å². The van der Waals surface area contributed by atoms with Crippen molar-refractivity contribution in [1.82, 2.24) is 14.4 Å². The molecule has 0 fully saturated rings. The van der Waals surface area contributed by atoms with Crippen LogP contribution in [-0.4, -0.2) is 27.5 Å². The number of hydrogen-bond acceptors (Lipinski definition) is 4. The summed E-state index contributed by atoms with van der Waals surface area (Å²) in [4.78, 5) is 21.3. The molecule has 7 nitrogen and oxygen atoms in total. The molecule has 0 radical (unpaired) electrons. The first-order valence-electron chi connectivity index (χ1n) is 8.45. The van der Waals surface area contributed by atoms with Gasteiger partial charge in [0.05, 0.1) is 7.11 Å². The third-order valence-electron chi connectivity index (χ3n) is 4.08. The Morgan fingerprint density at radius 1 is 1.11 bits per heavy atom. The van der Waals surface area contributed by atoms with E-state index in [1.165, 1.54) is 12.1 Å². The highest BCUT2D eigenvalue weighted by Gasteiger charge is 2.17. The third-order valence-corrected chi connectivity index (χ3v) is 4.08. The van der Waals surface area contributed by atoms with Gasteiger partial charge in [0, 0.05) is 29.7 Å². The van der Waals surface area contributed by atoms with E-state index in [9.17, 15) is 9.18 Å². The number of urea groups is 1. The van der Waals surface area contributed by atoms with Crippen molar-refractivity contribution >= 4 is 23.3 Å². The fourth-order valence-electron chi connectivity index (χ4n) is 2.79. The standard InChI is InChI=1S/C20H16FN5O2/c1-28-16-5-2-4-15(12-16)23-20(27)25-18-17(13-6-8-14(21)9-7-13)24-19-22-10-3-11-26(18)19/h2-12H,1H3,(H2,23,25,27). The van der Waals surface area contributed by atoms with Crippen LogP contribution >= 0.6 is 0 Å². The highest BCUT2D eigenvalue weighted by atomic mass is 19.1. The topological polar surface area (TPSA) is 80.5 Å². The van der Waals surface area contributed by atoms with Gasteiger partial charge in [-0.1, -0.05) is 6.07 Å². The van der Waals surface area contributed by atoms with Gasteiger partial charge in [0.1, 0.15) is 23.1 Å². The van der Waals surface area contributed by atoms with Gasteiger partial charge in [0.2, 0.25) is 5.78 Å². The summed E-state index contributed by atoms with van der Waals surface area (Å²) < 4.78 is 20.1. The summed E-state index contributed by atoms with van der Waals surface area (Å²) in [5.74, 6) is 1.12. The number of benzene rings is 2. The predicted molar refractivity (Wildman–Crippen MR) is 104 cm³/mol. The molecule has 2 N–H and O–H groups in total. The van der Waals surface area contributed by atoms with Gasteiger partial charge in [0.25, 0.3) is 0 Å². The van der Waals surface area contributed by atoms with Gasteiger partial charge in [-0.15, -0.1) is 0 Å². The fourth-order valence-corrected chi connectivity index (χ4v) is 2.79. The minimum absolute atomic E-state index is 0.351. The van der Waals surface area contributed by atoms with Crippen molar-refractivity contribution in [3.8, 4) is 17.0 Å². The number of anilines is 2. The predicted octanol–water partition coefficient (Wildman–Crippen LogP) is 4.19. The first-order valence-corrected chi connectivity index (χ1v) is 8.45. The Morgan fingerprint density at radius 3 is 2.71 bits per heavy atom. The Labute approximate surface area is 159 Å². The molecule has 28 heavy (non-hydrogen) atoms. The second kappa shape index (κ2) is 7.36. The maximum absolute atomic E-state index is 13.3. The Kier molecular flexibility index (Phi) is 4.59. The van der Waals surface area contributed by atoms with Crippen LogP contribution in [0, 0.1) is 5.82 Å². The normalized spacial score (nSPS) is 10.6. The van der Waals surface area contributed by atoms with Crippen LogP contribution < -0.4 is 15.4 Å². The summed E-state index contributed by atoms with van der Waals surface area (Å²) in [5.41, 5.74) is 1.72. The van der Waals surface area contributed by atoms with E-state index in [-0.39, 0.29) is 5.82 Å². The monoisotopic (exact) mass is 377 g/mol. The van der Waals surface area contributed by atoms with E-state index in [1.54, 1.807) is 66.4 Å². The molecule has 0 unspecified atom stereocenters. The molecule has 2 amide bonds. The van der Waals surface area contributed by atoms with Crippen molar-refractivity contribution in [2.45, 2.75) is 0 Å². The SMILES string of the molecule is COc1cccc(NC(=O)Nc2c(-c3ccc(F)cc3)nc3ncccn23)c1. The fraction of sp³-hybridized carbons (Fsp3) is 0.0500. The average molecular weight is 377 g/mol. The molecule has 140 valence electrons. The number of carbonyl (C=O) groups is 1. The van der Waals surface area contributed by atoms with E-state index in [4.69, 9.17) is 4.74 Å². The number of amides is 2. The van der Waals surface area contributed by atoms with E-state index in [0.717, 1.165) is 0 Å². The first kappa shape index (κ1) is 17.5. The zero-order chi connectivity index (χ0) is 19.5. The van der Waals surface area contributed by atoms with E-state index >= 15 is 0 Å². The lowest BCUT2D eigenvalue weighted by Crippen LogP contribution is -2.20. The number of halogens is 1. The Morgan fingerprint density at radius 2 is 1.93 bits per heavy atom. The summed E-state index contributed by atoms with van der Waals surface area (Å²) in [7, 11) is 1.56. The second-order valence-electron chi connectivity index (χ2n) is 5.92. The van der Waals surface area contributed by atoms with Crippen LogP contribution in [0.25, 0.3) is 17.0 Å². The zero-order valence-electron chi connectivity index (χ0n) is 14.9. The molecule has 0 saturated heterocycles. The summed E-state index contributed by atoms with van der Waals surface area (Å²) in [6.07, 6.45) is 3.35. The Hall–Kier alpha value is -3.94. The number of methoxy groups -OCH3 is 1. The van der Waals surface area contributed by atoms with Gasteiger partial charge in [0.15, 0.2) is 0 Å². The molecule has 2 aromatic carbocycles. The van der Waals surface area contributed by atoms with Gasteiger partial charge in [-0.3, -0.25) is 9.72 Å². The molecule has 0 aliphatic rings. The number of rotatable bonds is 4. The molecule has 4 aromatic rings. The van der Waals surface area contributed by atoms with Gasteiger partial charge in [-0.25, -0.2) is 19.2 Å². The molecule has 0 aliphatic heterocycles. The van der Waals surface area contributed by atoms with Crippen molar-refractivity contribution in [2.24, 2.45) is 0 Å². The van der Waals surface area contributed by atoms with Crippen molar-refractivity contribution < 1.29 is 13.9 Å². The molecule has 0 aliphatic carbocycles. The van der Waals surface area contributed by atoms with Crippen LogP contribution in [0.5, 0.6) is 5.75 Å². The van der Waals surface area contributed by atoms with Crippen LogP contribution in [-0.2, 0) is 0 Å². The molecule has 4 rings (SSSR count). The van der Waals surface area contributed by atoms with E-state index in [0.29, 0.717) is 34.3 Å². The lowest BCUT2D eigenvalue weighted by Gasteiger charge is -2.10. The molecular formula is C20H16FN5O2. The lowest BCUT2D eigenvalue weighted by atomic mass is 10.1. The molecule has 2 heterocycles. The number of ether oxygens (including phenoxy) is 1. The lowest BCUT2D eigenvalue weighted by molar-refractivity contribution is 0.262. The van der Waals surface area contributed by atoms with Gasteiger partial charge in [-0.05, 0) is 42.5 Å². The number of nitrogens with zero attached hydrogens (tertiary/aromatic N) is 3. The van der Waals surface area contributed by atoms with Crippen molar-refractivity contribution in [1.29, 1.82) is 0 Å². The molecule has 8 heteroatoms.